The Hall–Kier alpha value is -3.15. The van der Waals surface area contributed by atoms with Gasteiger partial charge in [-0.2, -0.15) is 13.2 Å². The van der Waals surface area contributed by atoms with Crippen molar-refractivity contribution < 1.29 is 31.5 Å². The number of carbonyl (C=O) groups excluding carboxylic acids is 2. The Labute approximate surface area is 241 Å². The molecule has 0 spiro atoms. The molecule has 2 aromatic rings. The Morgan fingerprint density at radius 1 is 0.905 bits per heavy atom. The fourth-order valence-electron chi connectivity index (χ4n) is 7.33. The second kappa shape index (κ2) is 10.2. The van der Waals surface area contributed by atoms with Crippen LogP contribution < -0.4 is 0 Å². The van der Waals surface area contributed by atoms with E-state index >= 15 is 0 Å². The molecule has 1 aliphatic carbocycles. The van der Waals surface area contributed by atoms with E-state index in [-0.39, 0.29) is 58.9 Å². The van der Waals surface area contributed by atoms with E-state index in [9.17, 15) is 31.5 Å². The zero-order valence-corrected chi connectivity index (χ0v) is 23.6. The van der Waals surface area contributed by atoms with Gasteiger partial charge in [0.25, 0.3) is 5.91 Å². The number of hydrogen-bond acceptors (Lipinski definition) is 5. The van der Waals surface area contributed by atoms with Crippen LogP contribution in [0.15, 0.2) is 30.3 Å². The van der Waals surface area contributed by atoms with E-state index in [2.05, 4.69) is 27.0 Å². The van der Waals surface area contributed by atoms with E-state index in [4.69, 9.17) is 0 Å². The van der Waals surface area contributed by atoms with E-state index in [0.717, 1.165) is 31.6 Å². The van der Waals surface area contributed by atoms with Crippen LogP contribution in [-0.2, 0) is 16.4 Å². The number of nitrogens with zero attached hydrogens (tertiary/aromatic N) is 5. The number of benzene rings is 1. The average Bonchev–Trinajstić information content (AvgIpc) is 3.45. The summed E-state index contributed by atoms with van der Waals surface area (Å²) in [5, 5.41) is 0. The van der Waals surface area contributed by atoms with Gasteiger partial charge in [-0.1, -0.05) is 30.3 Å². The molecule has 2 atom stereocenters. The highest BCUT2D eigenvalue weighted by atomic mass is 19.4. The van der Waals surface area contributed by atoms with Gasteiger partial charge in [0.2, 0.25) is 17.7 Å². The standard InChI is InChI=1S/C30H34F5N5O2/c1-18-24(19(2)37-27(36-18)30(33,34)35)26(42)39-14-21-12-38(13-22(21)15-39)9-8-28(23-6-4-3-5-7-23)16-40(17-28)25(41)20-10-29(31,32)11-20/h3-7,20-22H,8-17H2,1-2H3. The number of amides is 2. The maximum absolute atomic E-state index is 13.3. The average molecular weight is 592 g/mol. The Balaban J connectivity index is 1.06. The van der Waals surface area contributed by atoms with Gasteiger partial charge in [-0.3, -0.25) is 9.59 Å². The van der Waals surface area contributed by atoms with Gasteiger partial charge in [-0.25, -0.2) is 18.7 Å². The summed E-state index contributed by atoms with van der Waals surface area (Å²) >= 11 is 0. The van der Waals surface area contributed by atoms with Crippen LogP contribution in [0.4, 0.5) is 22.0 Å². The van der Waals surface area contributed by atoms with Crippen molar-refractivity contribution in [1.29, 1.82) is 0 Å². The topological polar surface area (TPSA) is 69.6 Å². The summed E-state index contributed by atoms with van der Waals surface area (Å²) in [5.41, 5.74) is 1.13. The molecule has 7 nitrogen and oxygen atoms in total. The number of hydrogen-bond donors (Lipinski definition) is 0. The molecular weight excluding hydrogens is 557 g/mol. The summed E-state index contributed by atoms with van der Waals surface area (Å²) in [4.78, 5) is 39.0. The smallest absolute Gasteiger partial charge is 0.341 e. The molecule has 226 valence electrons. The van der Waals surface area contributed by atoms with E-state index in [1.807, 2.05) is 18.2 Å². The minimum atomic E-state index is -4.67. The van der Waals surface area contributed by atoms with Gasteiger partial charge in [-0.05, 0) is 44.2 Å². The molecule has 1 saturated carbocycles. The Kier molecular flexibility index (Phi) is 7.06. The highest BCUT2D eigenvalue weighted by molar-refractivity contribution is 5.96. The lowest BCUT2D eigenvalue weighted by Crippen LogP contribution is -2.64. The van der Waals surface area contributed by atoms with Gasteiger partial charge in [0, 0.05) is 63.4 Å². The van der Waals surface area contributed by atoms with Crippen LogP contribution in [0.25, 0.3) is 0 Å². The normalized spacial score (nSPS) is 25.2. The second-order valence-corrected chi connectivity index (χ2v) is 12.6. The number of carbonyl (C=O) groups is 2. The number of likely N-dealkylation sites (tertiary alicyclic amines) is 3. The molecule has 42 heavy (non-hydrogen) atoms. The Morgan fingerprint density at radius 2 is 1.48 bits per heavy atom. The first-order chi connectivity index (χ1) is 19.7. The summed E-state index contributed by atoms with van der Waals surface area (Å²) < 4.78 is 66.0. The van der Waals surface area contributed by atoms with Crippen molar-refractivity contribution in [3.63, 3.8) is 0 Å². The van der Waals surface area contributed by atoms with Gasteiger partial charge in [-0.15, -0.1) is 0 Å². The SMILES string of the molecule is Cc1nc(C(F)(F)F)nc(C)c1C(=O)N1CC2CN(CCC3(c4ccccc4)CN(C(=O)C4CC(F)(F)C4)C3)CC2C1. The minimum absolute atomic E-state index is 0.0313. The van der Waals surface area contributed by atoms with E-state index in [1.54, 1.807) is 9.80 Å². The maximum Gasteiger partial charge on any atom is 0.451 e. The predicted molar refractivity (Wildman–Crippen MR) is 143 cm³/mol. The first-order valence-corrected chi connectivity index (χ1v) is 14.4. The number of aromatic nitrogens is 2. The number of rotatable bonds is 6. The molecular formula is C30H34F5N5O2. The molecule has 3 aliphatic heterocycles. The number of fused-ring (bicyclic) bond motifs is 1. The molecule has 12 heteroatoms. The second-order valence-electron chi connectivity index (χ2n) is 12.6. The van der Waals surface area contributed by atoms with Crippen LogP contribution in [0.1, 0.15) is 52.4 Å². The number of alkyl halides is 5. The van der Waals surface area contributed by atoms with Crippen molar-refractivity contribution in [3.05, 3.63) is 58.7 Å². The Morgan fingerprint density at radius 3 is 2.00 bits per heavy atom. The van der Waals surface area contributed by atoms with Crippen LogP contribution in [0, 0.1) is 31.6 Å². The Bertz CT molecular complexity index is 1330. The van der Waals surface area contributed by atoms with Gasteiger partial charge in [0.15, 0.2) is 0 Å². The number of aryl methyl sites for hydroxylation is 2. The van der Waals surface area contributed by atoms with Crippen molar-refractivity contribution in [2.75, 3.05) is 45.8 Å². The molecule has 2 unspecified atom stereocenters. The molecule has 4 heterocycles. The van der Waals surface area contributed by atoms with Gasteiger partial charge in [0.1, 0.15) is 0 Å². The van der Waals surface area contributed by atoms with Crippen molar-refractivity contribution >= 4 is 11.8 Å². The van der Waals surface area contributed by atoms with Gasteiger partial charge < -0.3 is 14.7 Å². The third-order valence-electron chi connectivity index (χ3n) is 9.62. The molecule has 4 aliphatic rings. The summed E-state index contributed by atoms with van der Waals surface area (Å²) in [6, 6.07) is 10.0. The summed E-state index contributed by atoms with van der Waals surface area (Å²) in [5.74, 6) is -4.52. The predicted octanol–water partition coefficient (Wildman–Crippen LogP) is 4.33. The molecule has 4 fully saturated rings. The maximum atomic E-state index is 13.3. The lowest BCUT2D eigenvalue weighted by molar-refractivity contribution is -0.167. The van der Waals surface area contributed by atoms with Crippen molar-refractivity contribution in [2.24, 2.45) is 17.8 Å². The van der Waals surface area contributed by atoms with Crippen LogP contribution >= 0.6 is 0 Å². The van der Waals surface area contributed by atoms with Gasteiger partial charge in [0.05, 0.1) is 17.0 Å². The summed E-state index contributed by atoms with van der Waals surface area (Å²) in [6.07, 6.45) is -4.57. The van der Waals surface area contributed by atoms with E-state index in [0.29, 0.717) is 26.2 Å². The molecule has 1 aromatic carbocycles. The summed E-state index contributed by atoms with van der Waals surface area (Å²) in [6.45, 7) is 7.34. The molecule has 1 aromatic heterocycles. The first-order valence-electron chi connectivity index (χ1n) is 14.4. The monoisotopic (exact) mass is 591 g/mol. The largest absolute Gasteiger partial charge is 0.451 e. The third-order valence-corrected chi connectivity index (χ3v) is 9.62. The molecule has 3 saturated heterocycles. The molecule has 0 bridgehead atoms. The molecule has 2 amide bonds. The third kappa shape index (κ3) is 5.26. The highest BCUT2D eigenvalue weighted by Gasteiger charge is 2.54. The van der Waals surface area contributed by atoms with Crippen LogP contribution in [-0.4, -0.2) is 88.2 Å². The number of halogens is 5. The first kappa shape index (κ1) is 28.9. The zero-order chi connectivity index (χ0) is 30.0. The van der Waals surface area contributed by atoms with Crippen LogP contribution in [0.5, 0.6) is 0 Å². The van der Waals surface area contributed by atoms with Gasteiger partial charge >= 0.3 is 6.18 Å². The molecule has 6 rings (SSSR count). The fourth-order valence-corrected chi connectivity index (χ4v) is 7.33. The lowest BCUT2D eigenvalue weighted by Gasteiger charge is -2.53. The van der Waals surface area contributed by atoms with Crippen molar-refractivity contribution in [3.8, 4) is 0 Å². The highest BCUT2D eigenvalue weighted by Crippen LogP contribution is 2.46. The summed E-state index contributed by atoms with van der Waals surface area (Å²) in [7, 11) is 0. The van der Waals surface area contributed by atoms with E-state index in [1.165, 1.54) is 13.8 Å². The zero-order valence-electron chi connectivity index (χ0n) is 23.6. The molecule has 0 radical (unpaired) electrons. The van der Waals surface area contributed by atoms with Crippen molar-refractivity contribution in [1.82, 2.24) is 24.7 Å². The van der Waals surface area contributed by atoms with Crippen LogP contribution in [0.3, 0.4) is 0 Å². The molecule has 0 N–H and O–H groups in total. The minimum Gasteiger partial charge on any atom is -0.341 e. The fraction of sp³-hybridized carbons (Fsp3) is 0.600. The quantitative estimate of drug-likeness (QED) is 0.468. The van der Waals surface area contributed by atoms with Crippen molar-refractivity contribution in [2.45, 2.75) is 50.6 Å². The lowest BCUT2D eigenvalue weighted by atomic mass is 9.69. The van der Waals surface area contributed by atoms with Crippen LogP contribution in [0.2, 0.25) is 0 Å². The van der Waals surface area contributed by atoms with E-state index < -0.39 is 23.8 Å².